The van der Waals surface area contributed by atoms with Gasteiger partial charge >= 0.3 is 6.16 Å². The summed E-state index contributed by atoms with van der Waals surface area (Å²) >= 11 is 0. The Kier molecular flexibility index (Phi) is 4.32. The summed E-state index contributed by atoms with van der Waals surface area (Å²) in [5, 5.41) is 8.33. The van der Waals surface area contributed by atoms with E-state index in [9.17, 15) is 4.79 Å². The lowest BCUT2D eigenvalue weighted by Gasteiger charge is -1.96. The van der Waals surface area contributed by atoms with Crippen molar-refractivity contribution in [2.75, 3.05) is 13.2 Å². The molecule has 1 fully saturated rings. The van der Waals surface area contributed by atoms with Crippen LogP contribution in [0.4, 0.5) is 4.79 Å². The van der Waals surface area contributed by atoms with E-state index in [1.165, 1.54) is 0 Å². The Balaban J connectivity index is 0.000000371. The van der Waals surface area contributed by atoms with E-state index in [1.807, 2.05) is 0 Å². The van der Waals surface area contributed by atoms with Crippen LogP contribution in [0.5, 0.6) is 0 Å². The molecule has 1 aliphatic rings. The number of hydrogen-bond acceptors (Lipinski definition) is 4. The number of ether oxygens (including phenoxy) is 2. The molecule has 0 saturated carbocycles. The lowest BCUT2D eigenvalue weighted by molar-refractivity contribution is 0.0919. The third-order valence-corrected chi connectivity index (χ3v) is 0.854. The van der Waals surface area contributed by atoms with E-state index in [4.69, 9.17) is 5.11 Å². The lowest BCUT2D eigenvalue weighted by atomic mass is 10.4. The van der Waals surface area contributed by atoms with Crippen LogP contribution in [0.3, 0.4) is 0 Å². The highest BCUT2D eigenvalue weighted by Gasteiger charge is 2.23. The average molecular weight is 146 g/mol. The minimum atomic E-state index is -0.691. The van der Waals surface area contributed by atoms with Crippen molar-refractivity contribution >= 4 is 6.16 Å². The number of hydrogen-bond donors (Lipinski definition) is 1. The zero-order valence-electron chi connectivity index (χ0n) is 5.58. The van der Waals surface area contributed by atoms with Crippen molar-refractivity contribution in [2.45, 2.75) is 6.10 Å². The number of aliphatic hydroxyl groups excluding tert-OH is 1. The van der Waals surface area contributed by atoms with Crippen molar-refractivity contribution in [3.05, 3.63) is 13.2 Å². The zero-order valence-corrected chi connectivity index (χ0v) is 5.58. The zero-order chi connectivity index (χ0) is 7.98. The first-order valence-electron chi connectivity index (χ1n) is 2.77. The van der Waals surface area contributed by atoms with Gasteiger partial charge in [0.1, 0.15) is 6.61 Å². The Morgan fingerprint density at radius 2 is 2.30 bits per heavy atom. The predicted molar refractivity (Wildman–Crippen MR) is 34.6 cm³/mol. The van der Waals surface area contributed by atoms with Crippen LogP contribution in [0, 0.1) is 0 Å². The van der Waals surface area contributed by atoms with Gasteiger partial charge in [0.05, 0.1) is 6.61 Å². The standard InChI is InChI=1S/C4H6O4.C2H4/c5-1-3-2-7-4(6)8-3;1-2/h3,5H,1-2H2;1-2H2. The number of aliphatic hydroxyl groups is 1. The third-order valence-electron chi connectivity index (χ3n) is 0.854. The molecule has 1 saturated heterocycles. The molecule has 1 heterocycles. The van der Waals surface area contributed by atoms with E-state index >= 15 is 0 Å². The van der Waals surface area contributed by atoms with Gasteiger partial charge in [-0.1, -0.05) is 0 Å². The van der Waals surface area contributed by atoms with Crippen molar-refractivity contribution in [2.24, 2.45) is 0 Å². The number of carbonyl (C=O) groups excluding carboxylic acids is 1. The molecule has 1 atom stereocenters. The Hall–Kier alpha value is -1.03. The van der Waals surface area contributed by atoms with Gasteiger partial charge in [0, 0.05) is 0 Å². The van der Waals surface area contributed by atoms with Crippen LogP contribution in [0.1, 0.15) is 0 Å². The number of carbonyl (C=O) groups is 1. The molecule has 0 bridgehead atoms. The van der Waals surface area contributed by atoms with Crippen molar-refractivity contribution in [1.29, 1.82) is 0 Å². The average Bonchev–Trinajstić information content (AvgIpc) is 2.40. The van der Waals surface area contributed by atoms with Crippen LogP contribution < -0.4 is 0 Å². The second kappa shape index (κ2) is 4.81. The predicted octanol–water partition coefficient (Wildman–Crippen LogP) is 0.316. The molecule has 1 unspecified atom stereocenters. The largest absolute Gasteiger partial charge is 0.508 e. The van der Waals surface area contributed by atoms with Crippen LogP contribution in [0.15, 0.2) is 13.2 Å². The quantitative estimate of drug-likeness (QED) is 0.427. The Morgan fingerprint density at radius 3 is 2.50 bits per heavy atom. The first-order chi connectivity index (χ1) is 4.83. The van der Waals surface area contributed by atoms with Gasteiger partial charge in [-0.25, -0.2) is 4.79 Å². The van der Waals surface area contributed by atoms with Gasteiger partial charge in [0.25, 0.3) is 0 Å². The van der Waals surface area contributed by atoms with Crippen molar-refractivity contribution < 1.29 is 19.4 Å². The molecule has 0 radical (unpaired) electrons. The highest BCUT2D eigenvalue weighted by molar-refractivity contribution is 5.61. The Morgan fingerprint density at radius 1 is 1.70 bits per heavy atom. The highest BCUT2D eigenvalue weighted by Crippen LogP contribution is 2.03. The molecule has 10 heavy (non-hydrogen) atoms. The molecule has 0 spiro atoms. The van der Waals surface area contributed by atoms with Gasteiger partial charge in [0.2, 0.25) is 0 Å². The fourth-order valence-corrected chi connectivity index (χ4v) is 0.455. The molecular formula is C6H10O4. The molecule has 58 valence electrons. The first-order valence-corrected chi connectivity index (χ1v) is 2.77. The maximum atomic E-state index is 10.1. The van der Waals surface area contributed by atoms with Gasteiger partial charge in [-0.2, -0.15) is 0 Å². The summed E-state index contributed by atoms with van der Waals surface area (Å²) in [6, 6.07) is 0. The summed E-state index contributed by atoms with van der Waals surface area (Å²) in [7, 11) is 0. The maximum absolute atomic E-state index is 10.1. The normalized spacial score (nSPS) is 22.1. The molecule has 4 heteroatoms. The monoisotopic (exact) mass is 146 g/mol. The summed E-state index contributed by atoms with van der Waals surface area (Å²) in [4.78, 5) is 10.1. The van der Waals surface area contributed by atoms with Gasteiger partial charge < -0.3 is 14.6 Å². The van der Waals surface area contributed by atoms with Gasteiger partial charge in [-0.05, 0) is 0 Å². The molecule has 0 aliphatic carbocycles. The van der Waals surface area contributed by atoms with Crippen LogP contribution in [-0.2, 0) is 9.47 Å². The second-order valence-corrected chi connectivity index (χ2v) is 1.48. The van der Waals surface area contributed by atoms with Crippen LogP contribution in [0.2, 0.25) is 0 Å². The number of rotatable bonds is 1. The molecule has 0 aromatic heterocycles. The maximum Gasteiger partial charge on any atom is 0.508 e. The van der Waals surface area contributed by atoms with E-state index in [-0.39, 0.29) is 13.2 Å². The van der Waals surface area contributed by atoms with Crippen LogP contribution in [0.25, 0.3) is 0 Å². The van der Waals surface area contributed by atoms with Gasteiger partial charge in [-0.3, -0.25) is 0 Å². The van der Waals surface area contributed by atoms with Crippen molar-refractivity contribution in [3.63, 3.8) is 0 Å². The molecule has 0 amide bonds. The summed E-state index contributed by atoms with van der Waals surface area (Å²) in [5.74, 6) is 0. The van der Waals surface area contributed by atoms with E-state index < -0.39 is 12.3 Å². The van der Waals surface area contributed by atoms with Crippen LogP contribution in [-0.4, -0.2) is 30.6 Å². The summed E-state index contributed by atoms with van der Waals surface area (Å²) in [5.41, 5.74) is 0. The molecule has 1 rings (SSSR count). The third kappa shape index (κ3) is 2.50. The minimum Gasteiger partial charge on any atom is -0.430 e. The SMILES string of the molecule is C=C.O=C1OCC(CO)O1. The molecule has 4 nitrogen and oxygen atoms in total. The molecule has 0 aromatic rings. The summed E-state index contributed by atoms with van der Waals surface area (Å²) < 4.78 is 8.73. The first kappa shape index (κ1) is 8.97. The Bertz CT molecular complexity index is 112. The molecule has 1 N–H and O–H groups in total. The summed E-state index contributed by atoms with van der Waals surface area (Å²) in [6.45, 7) is 6.01. The number of cyclic esters (lactones) is 2. The Labute approximate surface area is 59.1 Å². The van der Waals surface area contributed by atoms with E-state index in [0.29, 0.717) is 0 Å². The second-order valence-electron chi connectivity index (χ2n) is 1.48. The molecule has 1 aliphatic heterocycles. The summed E-state index contributed by atoms with van der Waals surface area (Å²) in [6.07, 6.45) is -1.13. The minimum absolute atomic E-state index is 0.161. The van der Waals surface area contributed by atoms with Crippen molar-refractivity contribution in [1.82, 2.24) is 0 Å². The van der Waals surface area contributed by atoms with E-state index in [2.05, 4.69) is 22.6 Å². The van der Waals surface area contributed by atoms with E-state index in [1.54, 1.807) is 0 Å². The topological polar surface area (TPSA) is 55.8 Å². The smallest absolute Gasteiger partial charge is 0.430 e. The highest BCUT2D eigenvalue weighted by atomic mass is 16.8. The molecular weight excluding hydrogens is 136 g/mol. The van der Waals surface area contributed by atoms with E-state index in [0.717, 1.165) is 0 Å². The fourth-order valence-electron chi connectivity index (χ4n) is 0.455. The fraction of sp³-hybridized carbons (Fsp3) is 0.500. The van der Waals surface area contributed by atoms with Crippen LogP contribution >= 0.6 is 0 Å². The van der Waals surface area contributed by atoms with Crippen molar-refractivity contribution in [3.8, 4) is 0 Å². The van der Waals surface area contributed by atoms with Gasteiger partial charge in [0.15, 0.2) is 6.10 Å². The lowest BCUT2D eigenvalue weighted by Crippen LogP contribution is -2.14. The molecule has 0 aromatic carbocycles. The van der Waals surface area contributed by atoms with Gasteiger partial charge in [-0.15, -0.1) is 13.2 Å².